The fourth-order valence-electron chi connectivity index (χ4n) is 5.47. The molecule has 0 atom stereocenters. The van der Waals surface area contributed by atoms with Crippen LogP contribution in [0.15, 0.2) is 92.2 Å². The van der Waals surface area contributed by atoms with Gasteiger partial charge in [-0.05, 0) is 89.9 Å². The van der Waals surface area contributed by atoms with Gasteiger partial charge in [-0.15, -0.1) is 0 Å². The lowest BCUT2D eigenvalue weighted by atomic mass is 9.85. The van der Waals surface area contributed by atoms with Gasteiger partial charge >= 0.3 is 5.97 Å². The van der Waals surface area contributed by atoms with Crippen molar-refractivity contribution in [1.29, 1.82) is 0 Å². The quantitative estimate of drug-likeness (QED) is 0.0852. The number of fused-ring (bicyclic) bond motifs is 1. The molecule has 5 nitrogen and oxygen atoms in total. The first-order valence-corrected chi connectivity index (χ1v) is 15.7. The van der Waals surface area contributed by atoms with E-state index in [0.29, 0.717) is 11.3 Å². The number of carbonyl (C=O) groups excluding carboxylic acids is 2. The molecule has 0 bridgehead atoms. The third-order valence-corrected chi connectivity index (χ3v) is 8.96. The summed E-state index contributed by atoms with van der Waals surface area (Å²) in [5, 5.41) is 5.13. The highest BCUT2D eigenvalue weighted by Crippen LogP contribution is 2.32. The molecule has 1 saturated carbocycles. The van der Waals surface area contributed by atoms with E-state index >= 15 is 0 Å². The first-order valence-electron chi connectivity index (χ1n) is 14.9. The Hall–Kier alpha value is -3.64. The number of furan rings is 1. The Kier molecular flexibility index (Phi) is 9.32. The molecule has 1 aliphatic rings. The molecule has 0 spiro atoms. The summed E-state index contributed by atoms with van der Waals surface area (Å²) in [6.45, 7) is 7.89. The molecule has 4 aromatic rings. The Morgan fingerprint density at radius 1 is 0.881 bits per heavy atom. The number of hydrogen-bond acceptors (Lipinski definition) is 6. The Morgan fingerprint density at radius 3 is 2.14 bits per heavy atom. The normalized spacial score (nSPS) is 14.7. The molecule has 0 saturated heterocycles. The van der Waals surface area contributed by atoms with Crippen molar-refractivity contribution in [3.05, 3.63) is 95.2 Å². The summed E-state index contributed by atoms with van der Waals surface area (Å²) in [6, 6.07) is 23.8. The van der Waals surface area contributed by atoms with E-state index in [1.54, 1.807) is 11.8 Å². The lowest BCUT2D eigenvalue weighted by Gasteiger charge is -2.21. The molecule has 1 heterocycles. The van der Waals surface area contributed by atoms with Crippen molar-refractivity contribution in [2.45, 2.75) is 87.8 Å². The zero-order valence-corrected chi connectivity index (χ0v) is 25.8. The molecule has 0 unspecified atom stereocenters. The van der Waals surface area contributed by atoms with Crippen molar-refractivity contribution in [3.8, 4) is 0 Å². The van der Waals surface area contributed by atoms with Gasteiger partial charge in [0.2, 0.25) is 5.78 Å². The maximum Gasteiger partial charge on any atom is 0.331 e. The van der Waals surface area contributed by atoms with E-state index in [0.717, 1.165) is 50.8 Å². The van der Waals surface area contributed by atoms with Crippen LogP contribution in [-0.2, 0) is 15.0 Å². The van der Waals surface area contributed by atoms with Crippen LogP contribution in [-0.4, -0.2) is 17.5 Å². The van der Waals surface area contributed by atoms with Gasteiger partial charge in [0, 0.05) is 27.7 Å². The molecule has 1 aliphatic carbocycles. The van der Waals surface area contributed by atoms with Gasteiger partial charge in [0.15, 0.2) is 5.76 Å². The molecule has 1 aromatic heterocycles. The van der Waals surface area contributed by atoms with Crippen LogP contribution in [0.1, 0.15) is 99.9 Å². The SMILES string of the molecule is CC(=O)ON=C(CCC1CCCCC1)c1ccc(Sc2ccc(C(=O)c3cc4cc(C(C)(C)C)ccc4o3)cc2)cc1. The topological polar surface area (TPSA) is 68.9 Å². The van der Waals surface area contributed by atoms with Crippen LogP contribution in [0.25, 0.3) is 11.0 Å². The van der Waals surface area contributed by atoms with Crippen molar-refractivity contribution in [3.63, 3.8) is 0 Å². The molecule has 42 heavy (non-hydrogen) atoms. The second kappa shape index (κ2) is 13.1. The van der Waals surface area contributed by atoms with Gasteiger partial charge in [0.25, 0.3) is 0 Å². The molecule has 218 valence electrons. The van der Waals surface area contributed by atoms with Crippen LogP contribution in [0.4, 0.5) is 0 Å². The zero-order valence-electron chi connectivity index (χ0n) is 24.9. The molecule has 0 radical (unpaired) electrons. The highest BCUT2D eigenvalue weighted by Gasteiger charge is 2.19. The second-order valence-electron chi connectivity index (χ2n) is 12.3. The van der Waals surface area contributed by atoms with Crippen molar-refractivity contribution in [2.24, 2.45) is 11.1 Å². The number of oxime groups is 1. The van der Waals surface area contributed by atoms with Gasteiger partial charge < -0.3 is 9.25 Å². The number of carbonyl (C=O) groups is 2. The van der Waals surface area contributed by atoms with Crippen molar-refractivity contribution >= 4 is 40.2 Å². The van der Waals surface area contributed by atoms with Gasteiger partial charge in [0.1, 0.15) is 5.58 Å². The molecule has 0 N–H and O–H groups in total. The summed E-state index contributed by atoms with van der Waals surface area (Å²) in [5.74, 6) is 0.535. The van der Waals surface area contributed by atoms with Crippen molar-refractivity contribution in [2.75, 3.05) is 0 Å². The van der Waals surface area contributed by atoms with E-state index in [2.05, 4.69) is 50.2 Å². The van der Waals surface area contributed by atoms with E-state index in [4.69, 9.17) is 9.25 Å². The summed E-state index contributed by atoms with van der Waals surface area (Å²) in [5.41, 5.74) is 4.33. The van der Waals surface area contributed by atoms with Gasteiger partial charge in [0.05, 0.1) is 5.71 Å². The molecule has 5 rings (SSSR count). The highest BCUT2D eigenvalue weighted by atomic mass is 32.2. The fourth-order valence-corrected chi connectivity index (χ4v) is 6.29. The minimum atomic E-state index is -0.408. The maximum absolute atomic E-state index is 13.2. The van der Waals surface area contributed by atoms with E-state index in [9.17, 15) is 9.59 Å². The Bertz CT molecular complexity index is 1570. The van der Waals surface area contributed by atoms with Crippen LogP contribution < -0.4 is 0 Å². The lowest BCUT2D eigenvalue weighted by Crippen LogP contribution is -2.10. The fraction of sp³-hybridized carbons (Fsp3) is 0.361. The van der Waals surface area contributed by atoms with Gasteiger partial charge in [-0.2, -0.15) is 0 Å². The molecular weight excluding hydrogens is 542 g/mol. The molecule has 6 heteroatoms. The first kappa shape index (κ1) is 29.8. The Labute approximate surface area is 252 Å². The number of rotatable bonds is 9. The Morgan fingerprint density at radius 2 is 1.52 bits per heavy atom. The van der Waals surface area contributed by atoms with E-state index in [1.165, 1.54) is 44.6 Å². The van der Waals surface area contributed by atoms with Crippen LogP contribution in [0.5, 0.6) is 0 Å². The van der Waals surface area contributed by atoms with Crippen LogP contribution >= 0.6 is 11.8 Å². The minimum Gasteiger partial charge on any atom is -0.453 e. The largest absolute Gasteiger partial charge is 0.453 e. The van der Waals surface area contributed by atoms with E-state index in [1.807, 2.05) is 48.5 Å². The number of ketones is 1. The maximum atomic E-state index is 13.2. The molecule has 0 amide bonds. The molecule has 0 aliphatic heterocycles. The predicted octanol–water partition coefficient (Wildman–Crippen LogP) is 9.74. The van der Waals surface area contributed by atoms with Gasteiger partial charge in [-0.1, -0.05) is 88.0 Å². The Balaban J connectivity index is 1.24. The number of benzene rings is 3. The molecular formula is C36H39NO4S. The lowest BCUT2D eigenvalue weighted by molar-refractivity contribution is -0.140. The van der Waals surface area contributed by atoms with Gasteiger partial charge in [-0.25, -0.2) is 4.79 Å². The average Bonchev–Trinajstić information content (AvgIpc) is 3.42. The number of hydrogen-bond donors (Lipinski definition) is 0. The van der Waals surface area contributed by atoms with Crippen LogP contribution in [0, 0.1) is 5.92 Å². The summed E-state index contributed by atoms with van der Waals surface area (Å²) >= 11 is 1.63. The monoisotopic (exact) mass is 581 g/mol. The van der Waals surface area contributed by atoms with Gasteiger partial charge in [-0.3, -0.25) is 4.79 Å². The van der Waals surface area contributed by atoms with E-state index < -0.39 is 5.97 Å². The highest BCUT2D eigenvalue weighted by molar-refractivity contribution is 7.99. The summed E-state index contributed by atoms with van der Waals surface area (Å²) < 4.78 is 5.90. The zero-order chi connectivity index (χ0) is 29.7. The van der Waals surface area contributed by atoms with Crippen LogP contribution in [0.3, 0.4) is 0 Å². The van der Waals surface area contributed by atoms with Crippen molar-refractivity contribution < 1.29 is 18.8 Å². The summed E-state index contributed by atoms with van der Waals surface area (Å²) in [7, 11) is 0. The van der Waals surface area contributed by atoms with E-state index in [-0.39, 0.29) is 11.2 Å². The van der Waals surface area contributed by atoms with Crippen molar-refractivity contribution in [1.82, 2.24) is 0 Å². The predicted molar refractivity (Wildman–Crippen MR) is 169 cm³/mol. The summed E-state index contributed by atoms with van der Waals surface area (Å²) in [6.07, 6.45) is 8.36. The third kappa shape index (κ3) is 7.60. The molecule has 1 fully saturated rings. The molecule has 3 aromatic carbocycles. The first-order chi connectivity index (χ1) is 20.2. The summed E-state index contributed by atoms with van der Waals surface area (Å²) in [4.78, 5) is 31.7. The standard InChI is InChI=1S/C36H39NO4S/c1-24(38)41-37-32(20-10-25-8-6-5-7-9-25)26-11-16-30(17-12-26)42-31-18-13-27(14-19-31)35(39)34-23-28-22-29(36(2,3)4)15-21-33(28)40-34/h11-19,21-23,25H,5-10,20H2,1-4H3. The smallest absolute Gasteiger partial charge is 0.331 e. The minimum absolute atomic E-state index is 0.0256. The average molecular weight is 582 g/mol. The second-order valence-corrected chi connectivity index (χ2v) is 13.4. The third-order valence-electron chi connectivity index (χ3n) is 7.94. The van der Waals surface area contributed by atoms with Crippen LogP contribution in [0.2, 0.25) is 0 Å². The number of nitrogens with zero attached hydrogens (tertiary/aromatic N) is 1.